The number of carbonyl (C=O) groups excluding carboxylic acids is 2. The molecule has 0 bridgehead atoms. The molecule has 3 aliphatic rings. The maximum atomic E-state index is 14.1. The summed E-state index contributed by atoms with van der Waals surface area (Å²) < 4.78 is 45.7. The molecule has 4 N–H and O–H groups in total. The second kappa shape index (κ2) is 11.1. The predicted octanol–water partition coefficient (Wildman–Crippen LogP) is 4.72. The zero-order chi connectivity index (χ0) is 32.3. The zero-order valence-corrected chi connectivity index (χ0v) is 24.2. The van der Waals surface area contributed by atoms with E-state index in [0.717, 1.165) is 18.6 Å². The van der Waals surface area contributed by atoms with Gasteiger partial charge in [0, 0.05) is 11.5 Å². The van der Waals surface area contributed by atoms with Gasteiger partial charge in [0.2, 0.25) is 5.78 Å². The molecule has 234 valence electrons. The molecule has 4 atom stereocenters. The molecule has 9 nitrogen and oxygen atoms in total. The zero-order valence-electron chi connectivity index (χ0n) is 24.2. The highest BCUT2D eigenvalue weighted by Gasteiger charge is 2.64. The Balaban J connectivity index is 1.72. The van der Waals surface area contributed by atoms with E-state index in [2.05, 4.69) is 0 Å². The van der Waals surface area contributed by atoms with Crippen LogP contribution in [0.5, 0.6) is 5.75 Å². The summed E-state index contributed by atoms with van der Waals surface area (Å²) in [5.74, 6) is -7.55. The SMILES string of the molecule is CCCCOc1ccc(-c2ccc(C(F)(F)F)cc2)c2c1C(O)=C1C(=O)C3(O)C(O)=C(C(=O)O)C(=O)C(N(C)C)C3CC1C2. The second-order valence-electron chi connectivity index (χ2n) is 11.6. The highest BCUT2D eigenvalue weighted by molar-refractivity contribution is 6.23. The van der Waals surface area contributed by atoms with Crippen molar-refractivity contribution < 1.29 is 52.7 Å². The van der Waals surface area contributed by atoms with E-state index in [0.29, 0.717) is 23.1 Å². The van der Waals surface area contributed by atoms with Crippen LogP contribution in [0.2, 0.25) is 0 Å². The second-order valence-corrected chi connectivity index (χ2v) is 11.6. The van der Waals surface area contributed by atoms with E-state index in [1.807, 2.05) is 6.92 Å². The first-order valence-electron chi connectivity index (χ1n) is 14.2. The number of Topliss-reactive ketones (excluding diaryl/α,β-unsaturated/α-hetero) is 2. The van der Waals surface area contributed by atoms with Crippen molar-refractivity contribution in [2.45, 2.75) is 50.4 Å². The van der Waals surface area contributed by atoms with Crippen LogP contribution >= 0.6 is 0 Å². The Labute approximate surface area is 250 Å². The van der Waals surface area contributed by atoms with Crippen molar-refractivity contribution in [1.82, 2.24) is 4.90 Å². The van der Waals surface area contributed by atoms with Gasteiger partial charge in [-0.2, -0.15) is 13.2 Å². The molecule has 2 aromatic rings. The summed E-state index contributed by atoms with van der Waals surface area (Å²) in [4.78, 5) is 40.7. The molecule has 1 fully saturated rings. The van der Waals surface area contributed by atoms with Crippen LogP contribution in [-0.2, 0) is 27.0 Å². The Morgan fingerprint density at radius 1 is 1.09 bits per heavy atom. The van der Waals surface area contributed by atoms with Crippen LogP contribution in [0.3, 0.4) is 0 Å². The third-order valence-corrected chi connectivity index (χ3v) is 8.83. The third kappa shape index (κ3) is 4.76. The van der Waals surface area contributed by atoms with Crippen molar-refractivity contribution >= 4 is 23.3 Å². The van der Waals surface area contributed by atoms with Crippen molar-refractivity contribution in [2.75, 3.05) is 20.7 Å². The first-order valence-corrected chi connectivity index (χ1v) is 14.2. The first kappa shape index (κ1) is 31.3. The summed E-state index contributed by atoms with van der Waals surface area (Å²) in [6.07, 6.45) is -3.08. The number of alkyl halides is 3. The van der Waals surface area contributed by atoms with Gasteiger partial charge in [-0.25, -0.2) is 4.79 Å². The van der Waals surface area contributed by atoms with Crippen LogP contribution in [0.1, 0.15) is 42.9 Å². The molecule has 3 aliphatic carbocycles. The van der Waals surface area contributed by atoms with Crippen LogP contribution in [-0.4, -0.2) is 75.2 Å². The van der Waals surface area contributed by atoms with Crippen LogP contribution in [0.15, 0.2) is 53.3 Å². The molecule has 5 rings (SSSR count). The summed E-state index contributed by atoms with van der Waals surface area (Å²) in [6.45, 7) is 2.22. The normalized spacial score (nSPS) is 25.1. The van der Waals surface area contributed by atoms with E-state index in [4.69, 9.17) is 4.74 Å². The lowest BCUT2D eigenvalue weighted by Crippen LogP contribution is -2.65. The van der Waals surface area contributed by atoms with E-state index in [-0.39, 0.29) is 36.3 Å². The summed E-state index contributed by atoms with van der Waals surface area (Å²) in [7, 11) is 2.97. The molecular formula is C32H32F3NO8. The number of hydrogen-bond acceptors (Lipinski definition) is 8. The number of aliphatic carboxylic acids is 1. The highest BCUT2D eigenvalue weighted by atomic mass is 19.4. The largest absolute Gasteiger partial charge is 0.508 e. The van der Waals surface area contributed by atoms with Gasteiger partial charge in [-0.3, -0.25) is 14.5 Å². The maximum absolute atomic E-state index is 14.1. The minimum absolute atomic E-state index is 0.0823. The van der Waals surface area contributed by atoms with Crippen LogP contribution in [0.4, 0.5) is 13.2 Å². The number of aliphatic hydroxyl groups is 3. The Kier molecular flexibility index (Phi) is 7.88. The number of carbonyl (C=O) groups is 3. The lowest BCUT2D eigenvalue weighted by Gasteiger charge is -2.50. The third-order valence-electron chi connectivity index (χ3n) is 8.83. The van der Waals surface area contributed by atoms with E-state index in [1.54, 1.807) is 12.1 Å². The predicted molar refractivity (Wildman–Crippen MR) is 152 cm³/mol. The topological polar surface area (TPSA) is 145 Å². The fourth-order valence-electron chi connectivity index (χ4n) is 6.75. The molecule has 0 saturated heterocycles. The standard InChI is InChI=1S/C32H32F3NO8/c1-4-5-12-44-21-11-10-18(15-6-8-17(9-7-15)32(33,34)35)19-13-16-14-20-25(36(2)3)27(38)24(30(41)42)29(40)31(20,43)28(39)22(16)26(37)23(19)21/h6-11,16,20,25,37,40,43H,4-5,12-14H2,1-3H3,(H,41,42). The van der Waals surface area contributed by atoms with Crippen molar-refractivity contribution in [2.24, 2.45) is 11.8 Å². The molecule has 0 aromatic heterocycles. The van der Waals surface area contributed by atoms with E-state index < -0.39 is 69.8 Å². The summed E-state index contributed by atoms with van der Waals surface area (Å²) in [5.41, 5.74) is -3.44. The van der Waals surface area contributed by atoms with Gasteiger partial charge in [-0.15, -0.1) is 0 Å². The van der Waals surface area contributed by atoms with Gasteiger partial charge in [0.25, 0.3) is 0 Å². The highest BCUT2D eigenvalue weighted by Crippen LogP contribution is 2.54. The van der Waals surface area contributed by atoms with Gasteiger partial charge in [0.1, 0.15) is 17.1 Å². The smallest absolute Gasteiger partial charge is 0.416 e. The number of carboxylic acids is 1. The van der Waals surface area contributed by atoms with Gasteiger partial charge >= 0.3 is 12.1 Å². The number of ketones is 2. The molecule has 0 radical (unpaired) electrons. The Bertz CT molecular complexity index is 1610. The molecule has 12 heteroatoms. The molecule has 0 amide bonds. The molecule has 0 spiro atoms. The molecule has 0 aliphatic heterocycles. The fraction of sp³-hybridized carbons (Fsp3) is 0.406. The average molecular weight is 616 g/mol. The number of likely N-dealkylation sites (N-methyl/N-ethyl adjacent to an activating group) is 1. The van der Waals surface area contributed by atoms with Crippen LogP contribution in [0, 0.1) is 11.8 Å². The number of aliphatic hydroxyl groups excluding tert-OH is 2. The van der Waals surface area contributed by atoms with Gasteiger partial charge in [0.15, 0.2) is 17.1 Å². The first-order chi connectivity index (χ1) is 20.6. The number of halogens is 3. The number of carboxylic acid groups (broad SMARTS) is 1. The molecule has 1 saturated carbocycles. The summed E-state index contributed by atoms with van der Waals surface area (Å²) in [6, 6.07) is 6.46. The number of benzene rings is 2. The molecule has 0 heterocycles. The Morgan fingerprint density at radius 3 is 2.32 bits per heavy atom. The number of unbranched alkanes of at least 4 members (excludes halogenated alkanes) is 1. The van der Waals surface area contributed by atoms with E-state index in [1.165, 1.54) is 31.1 Å². The molecular weight excluding hydrogens is 583 g/mol. The van der Waals surface area contributed by atoms with Gasteiger partial charge in [0.05, 0.1) is 23.8 Å². The maximum Gasteiger partial charge on any atom is 0.416 e. The minimum atomic E-state index is -4.54. The lowest BCUT2D eigenvalue weighted by atomic mass is 9.57. The molecule has 4 unspecified atom stereocenters. The molecule has 2 aromatic carbocycles. The van der Waals surface area contributed by atoms with E-state index in [9.17, 15) is 48.0 Å². The number of ether oxygens (including phenoxy) is 1. The number of nitrogens with zero attached hydrogens (tertiary/aromatic N) is 1. The van der Waals surface area contributed by atoms with Gasteiger partial charge < -0.3 is 25.2 Å². The molecule has 44 heavy (non-hydrogen) atoms. The minimum Gasteiger partial charge on any atom is -0.508 e. The number of hydrogen-bond donors (Lipinski definition) is 4. The van der Waals surface area contributed by atoms with Crippen molar-refractivity contribution in [3.05, 3.63) is 70.0 Å². The van der Waals surface area contributed by atoms with Crippen LogP contribution < -0.4 is 4.74 Å². The van der Waals surface area contributed by atoms with Crippen molar-refractivity contribution in [3.63, 3.8) is 0 Å². The van der Waals surface area contributed by atoms with Gasteiger partial charge in [-0.1, -0.05) is 31.5 Å². The number of rotatable bonds is 7. The lowest BCUT2D eigenvalue weighted by molar-refractivity contribution is -0.155. The van der Waals surface area contributed by atoms with Crippen molar-refractivity contribution in [1.29, 1.82) is 0 Å². The quantitative estimate of drug-likeness (QED) is 0.257. The van der Waals surface area contributed by atoms with Crippen molar-refractivity contribution in [3.8, 4) is 16.9 Å². The average Bonchev–Trinajstić information content (AvgIpc) is 2.94. The monoisotopic (exact) mass is 615 g/mol. The van der Waals surface area contributed by atoms with E-state index >= 15 is 0 Å². The summed E-state index contributed by atoms with van der Waals surface area (Å²) >= 11 is 0. The number of fused-ring (bicyclic) bond motifs is 3. The van der Waals surface area contributed by atoms with Gasteiger partial charge in [-0.05, 0) is 74.2 Å². The van der Waals surface area contributed by atoms with Crippen LogP contribution in [0.25, 0.3) is 16.9 Å². The Hall–Kier alpha value is -4.16. The summed E-state index contributed by atoms with van der Waals surface area (Å²) in [5, 5.41) is 44.2. The Morgan fingerprint density at radius 2 is 1.75 bits per heavy atom. The fourth-order valence-corrected chi connectivity index (χ4v) is 6.75.